The summed E-state index contributed by atoms with van der Waals surface area (Å²) in [4.78, 5) is 22.6. The molecule has 1 N–H and O–H groups in total. The normalized spacial score (nSPS) is 19.3. The standard InChI is InChI=1S/C14H16N4OS/c19-14-13(16-7-11-9-20-10-17-11)4-2-6-18(14)12-3-1-5-15-8-12/h1,3,5,8-10,13,16H,2,4,6-7H2/t13-/m0/s1. The van der Waals surface area contributed by atoms with Crippen LogP contribution in [0.4, 0.5) is 5.69 Å². The van der Waals surface area contributed by atoms with Gasteiger partial charge in [0.25, 0.3) is 0 Å². The third-order valence-corrected chi connectivity index (χ3v) is 4.04. The molecule has 104 valence electrons. The van der Waals surface area contributed by atoms with Crippen LogP contribution in [0, 0.1) is 0 Å². The second kappa shape index (κ2) is 6.11. The van der Waals surface area contributed by atoms with E-state index in [9.17, 15) is 4.79 Å². The molecule has 0 spiro atoms. The summed E-state index contributed by atoms with van der Waals surface area (Å²) in [7, 11) is 0. The molecule has 1 fully saturated rings. The summed E-state index contributed by atoms with van der Waals surface area (Å²) in [6.45, 7) is 1.40. The molecule has 1 atom stereocenters. The Bertz CT molecular complexity index is 558. The van der Waals surface area contributed by atoms with Crippen LogP contribution in [0.5, 0.6) is 0 Å². The first-order valence-electron chi connectivity index (χ1n) is 6.66. The van der Waals surface area contributed by atoms with Gasteiger partial charge in [-0.15, -0.1) is 11.3 Å². The topological polar surface area (TPSA) is 58.1 Å². The second-order valence-corrected chi connectivity index (χ2v) is 5.48. The van der Waals surface area contributed by atoms with E-state index < -0.39 is 0 Å². The number of rotatable bonds is 4. The first kappa shape index (κ1) is 13.2. The van der Waals surface area contributed by atoms with Crippen LogP contribution in [0.1, 0.15) is 18.5 Å². The van der Waals surface area contributed by atoms with Crippen molar-refractivity contribution in [1.29, 1.82) is 0 Å². The lowest BCUT2D eigenvalue weighted by Crippen LogP contribution is -2.50. The average Bonchev–Trinajstić information content (AvgIpc) is 3.00. The Morgan fingerprint density at radius 2 is 2.45 bits per heavy atom. The van der Waals surface area contributed by atoms with Crippen LogP contribution in [0.15, 0.2) is 35.4 Å². The summed E-state index contributed by atoms with van der Waals surface area (Å²) in [5.41, 5.74) is 3.67. The minimum atomic E-state index is -0.134. The van der Waals surface area contributed by atoms with Crippen molar-refractivity contribution < 1.29 is 4.79 Å². The van der Waals surface area contributed by atoms with Gasteiger partial charge >= 0.3 is 0 Å². The zero-order valence-corrected chi connectivity index (χ0v) is 11.8. The van der Waals surface area contributed by atoms with E-state index in [-0.39, 0.29) is 11.9 Å². The maximum atomic E-state index is 12.5. The molecular formula is C14H16N4OS. The molecule has 0 aromatic carbocycles. The Hall–Kier alpha value is -1.79. The van der Waals surface area contributed by atoms with Crippen molar-refractivity contribution in [3.05, 3.63) is 41.1 Å². The lowest BCUT2D eigenvalue weighted by molar-refractivity contribution is -0.121. The molecule has 2 aromatic rings. The van der Waals surface area contributed by atoms with E-state index in [1.54, 1.807) is 23.7 Å². The molecule has 3 rings (SSSR count). The minimum absolute atomic E-state index is 0.125. The summed E-state index contributed by atoms with van der Waals surface area (Å²) in [5, 5.41) is 5.31. The monoisotopic (exact) mass is 288 g/mol. The number of anilines is 1. The van der Waals surface area contributed by atoms with Gasteiger partial charge in [0.1, 0.15) is 0 Å². The van der Waals surface area contributed by atoms with E-state index in [0.29, 0.717) is 6.54 Å². The summed E-state index contributed by atoms with van der Waals surface area (Å²) in [6, 6.07) is 3.65. The number of nitrogens with one attached hydrogen (secondary N) is 1. The van der Waals surface area contributed by atoms with Gasteiger partial charge < -0.3 is 10.2 Å². The van der Waals surface area contributed by atoms with Gasteiger partial charge in [-0.1, -0.05) is 0 Å². The van der Waals surface area contributed by atoms with Crippen LogP contribution < -0.4 is 10.2 Å². The highest BCUT2D eigenvalue weighted by Gasteiger charge is 2.29. The van der Waals surface area contributed by atoms with Crippen molar-refractivity contribution in [3.63, 3.8) is 0 Å². The van der Waals surface area contributed by atoms with Gasteiger partial charge in [0.15, 0.2) is 0 Å². The number of carbonyl (C=O) groups excluding carboxylic acids is 1. The molecule has 6 heteroatoms. The van der Waals surface area contributed by atoms with E-state index in [0.717, 1.165) is 30.8 Å². The molecule has 2 aromatic heterocycles. The zero-order chi connectivity index (χ0) is 13.8. The highest BCUT2D eigenvalue weighted by molar-refractivity contribution is 7.07. The maximum Gasteiger partial charge on any atom is 0.244 e. The molecule has 3 heterocycles. The van der Waals surface area contributed by atoms with Crippen molar-refractivity contribution in [1.82, 2.24) is 15.3 Å². The van der Waals surface area contributed by atoms with E-state index in [4.69, 9.17) is 0 Å². The highest BCUT2D eigenvalue weighted by atomic mass is 32.1. The lowest BCUT2D eigenvalue weighted by Gasteiger charge is -2.32. The van der Waals surface area contributed by atoms with Crippen LogP contribution in [0.2, 0.25) is 0 Å². The van der Waals surface area contributed by atoms with Crippen molar-refractivity contribution in [2.45, 2.75) is 25.4 Å². The number of thiazole rings is 1. The van der Waals surface area contributed by atoms with Crippen molar-refractivity contribution in [2.75, 3.05) is 11.4 Å². The van der Waals surface area contributed by atoms with Crippen LogP contribution in [-0.4, -0.2) is 28.5 Å². The number of nitrogens with zero attached hydrogens (tertiary/aromatic N) is 3. The number of piperidine rings is 1. The van der Waals surface area contributed by atoms with E-state index >= 15 is 0 Å². The van der Waals surface area contributed by atoms with E-state index in [1.165, 1.54) is 0 Å². The van der Waals surface area contributed by atoms with Gasteiger partial charge in [0, 0.05) is 24.7 Å². The van der Waals surface area contributed by atoms with Crippen LogP contribution in [0.25, 0.3) is 0 Å². The Labute approximate surface area is 121 Å². The summed E-state index contributed by atoms with van der Waals surface area (Å²) in [5.74, 6) is 0.125. The van der Waals surface area contributed by atoms with Crippen LogP contribution >= 0.6 is 11.3 Å². The number of hydrogen-bond acceptors (Lipinski definition) is 5. The van der Waals surface area contributed by atoms with E-state index in [2.05, 4.69) is 15.3 Å². The van der Waals surface area contributed by atoms with Gasteiger partial charge in [0.05, 0.1) is 29.1 Å². The predicted molar refractivity (Wildman–Crippen MR) is 78.6 cm³/mol. The molecule has 1 aliphatic rings. The zero-order valence-electron chi connectivity index (χ0n) is 11.0. The molecule has 1 amide bonds. The van der Waals surface area contributed by atoms with Gasteiger partial charge in [-0.25, -0.2) is 4.98 Å². The predicted octanol–water partition coefficient (Wildman–Crippen LogP) is 1.82. The van der Waals surface area contributed by atoms with Gasteiger partial charge in [-0.2, -0.15) is 0 Å². The molecule has 0 radical (unpaired) electrons. The van der Waals surface area contributed by atoms with Gasteiger partial charge in [-0.3, -0.25) is 9.78 Å². The smallest absolute Gasteiger partial charge is 0.244 e. The number of amides is 1. The van der Waals surface area contributed by atoms with Crippen LogP contribution in [0.3, 0.4) is 0 Å². The Balaban J connectivity index is 1.66. The largest absolute Gasteiger partial charge is 0.310 e. The third kappa shape index (κ3) is 2.86. The first-order chi connectivity index (χ1) is 9.84. The summed E-state index contributed by atoms with van der Waals surface area (Å²) in [6.07, 6.45) is 5.33. The molecular weight excluding hydrogens is 272 g/mol. The maximum absolute atomic E-state index is 12.5. The fraction of sp³-hybridized carbons (Fsp3) is 0.357. The molecule has 5 nitrogen and oxygen atoms in total. The number of aromatic nitrogens is 2. The fourth-order valence-corrected chi connectivity index (χ4v) is 2.95. The summed E-state index contributed by atoms with van der Waals surface area (Å²) >= 11 is 1.57. The number of pyridine rings is 1. The Morgan fingerprint density at radius 1 is 1.50 bits per heavy atom. The van der Waals surface area contributed by atoms with E-state index in [1.807, 2.05) is 27.9 Å². The minimum Gasteiger partial charge on any atom is -0.310 e. The van der Waals surface area contributed by atoms with Crippen LogP contribution in [-0.2, 0) is 11.3 Å². The molecule has 0 saturated carbocycles. The highest BCUT2D eigenvalue weighted by Crippen LogP contribution is 2.20. The molecule has 0 aliphatic carbocycles. The lowest BCUT2D eigenvalue weighted by atomic mass is 10.0. The van der Waals surface area contributed by atoms with Gasteiger partial charge in [0.2, 0.25) is 5.91 Å². The number of hydrogen-bond donors (Lipinski definition) is 1. The van der Waals surface area contributed by atoms with Crippen molar-refractivity contribution in [2.24, 2.45) is 0 Å². The van der Waals surface area contributed by atoms with Crippen molar-refractivity contribution >= 4 is 22.9 Å². The molecule has 1 aliphatic heterocycles. The summed E-state index contributed by atoms with van der Waals surface area (Å²) < 4.78 is 0. The fourth-order valence-electron chi connectivity index (χ4n) is 2.39. The SMILES string of the molecule is O=C1[C@@H](NCc2cscn2)CCCN1c1cccnc1. The molecule has 0 unspecified atom stereocenters. The molecule has 1 saturated heterocycles. The quantitative estimate of drug-likeness (QED) is 0.932. The Kier molecular flexibility index (Phi) is 4.03. The average molecular weight is 288 g/mol. The van der Waals surface area contributed by atoms with Crippen molar-refractivity contribution in [3.8, 4) is 0 Å². The Morgan fingerprint density at radius 3 is 3.20 bits per heavy atom. The number of carbonyl (C=O) groups is 1. The second-order valence-electron chi connectivity index (χ2n) is 4.76. The first-order valence-corrected chi connectivity index (χ1v) is 7.61. The van der Waals surface area contributed by atoms with Gasteiger partial charge in [-0.05, 0) is 25.0 Å². The molecule has 0 bridgehead atoms. The molecule has 20 heavy (non-hydrogen) atoms. The third-order valence-electron chi connectivity index (χ3n) is 3.41.